The van der Waals surface area contributed by atoms with Crippen LogP contribution in [0.25, 0.3) is 0 Å². The lowest BCUT2D eigenvalue weighted by molar-refractivity contribution is 0.562. The zero-order chi connectivity index (χ0) is 9.68. The number of halogens is 1. The van der Waals surface area contributed by atoms with Gasteiger partial charge < -0.3 is 0 Å². The van der Waals surface area contributed by atoms with Crippen LogP contribution in [-0.4, -0.2) is 12.3 Å². The Hall–Kier alpha value is -1.12. The number of isocyanates is 1. The number of thioether (sulfide) groups is 1. The molecule has 0 unspecified atom stereocenters. The van der Waals surface area contributed by atoms with Crippen LogP contribution in [0.2, 0.25) is 0 Å². The molecule has 0 N–H and O–H groups in total. The first-order chi connectivity index (χ1) is 6.27. The number of hydrogen-bond acceptors (Lipinski definition) is 3. The molecule has 13 heavy (non-hydrogen) atoms. The molecule has 0 aromatic heterocycles. The smallest absolute Gasteiger partial charge is 0.211 e. The quantitative estimate of drug-likeness (QED) is 0.423. The van der Waals surface area contributed by atoms with Crippen molar-refractivity contribution in [1.82, 2.24) is 0 Å². The number of carbonyl (C=O) groups excluding carboxylic acids is 1. The van der Waals surface area contributed by atoms with Crippen molar-refractivity contribution in [1.29, 1.82) is 0 Å². The standard InChI is InChI=1S/C9H8FNOS/c1-13-9-4-7(5-11-6-12)2-3-8(9)10/h2-4H,5H2,1H3. The van der Waals surface area contributed by atoms with Crippen molar-refractivity contribution in [3.8, 4) is 0 Å². The van der Waals surface area contributed by atoms with Crippen LogP contribution in [0.4, 0.5) is 4.39 Å². The molecule has 1 aromatic carbocycles. The Morgan fingerprint density at radius 2 is 2.38 bits per heavy atom. The molecule has 0 bridgehead atoms. The van der Waals surface area contributed by atoms with E-state index >= 15 is 0 Å². The normalized spacial score (nSPS) is 9.38. The van der Waals surface area contributed by atoms with Gasteiger partial charge in [0.05, 0.1) is 6.54 Å². The maximum absolute atomic E-state index is 13.0. The summed E-state index contributed by atoms with van der Waals surface area (Å²) in [5, 5.41) is 0. The summed E-state index contributed by atoms with van der Waals surface area (Å²) in [7, 11) is 0. The van der Waals surface area contributed by atoms with E-state index in [-0.39, 0.29) is 12.4 Å². The molecule has 0 spiro atoms. The largest absolute Gasteiger partial charge is 0.235 e. The summed E-state index contributed by atoms with van der Waals surface area (Å²) in [6.45, 7) is 0.261. The third kappa shape index (κ3) is 2.68. The SMILES string of the molecule is CSc1cc(CN=C=O)ccc1F. The molecule has 0 fully saturated rings. The van der Waals surface area contributed by atoms with Crippen LogP contribution in [0.3, 0.4) is 0 Å². The Kier molecular flexibility index (Phi) is 3.68. The summed E-state index contributed by atoms with van der Waals surface area (Å²) in [5.41, 5.74) is 0.814. The van der Waals surface area contributed by atoms with E-state index in [4.69, 9.17) is 0 Å². The Balaban J connectivity index is 2.92. The minimum atomic E-state index is -0.244. The number of benzene rings is 1. The van der Waals surface area contributed by atoms with Gasteiger partial charge in [-0.25, -0.2) is 14.2 Å². The average Bonchev–Trinajstić information content (AvgIpc) is 2.16. The first-order valence-corrected chi connectivity index (χ1v) is 4.86. The second kappa shape index (κ2) is 4.80. The molecule has 0 saturated carbocycles. The summed E-state index contributed by atoms with van der Waals surface area (Å²) in [6, 6.07) is 4.66. The predicted molar refractivity (Wildman–Crippen MR) is 50.0 cm³/mol. The summed E-state index contributed by atoms with van der Waals surface area (Å²) >= 11 is 1.33. The summed E-state index contributed by atoms with van der Waals surface area (Å²) in [6.07, 6.45) is 3.24. The van der Waals surface area contributed by atoms with Gasteiger partial charge in [0.15, 0.2) is 0 Å². The van der Waals surface area contributed by atoms with Crippen LogP contribution < -0.4 is 0 Å². The molecule has 0 aliphatic carbocycles. The second-order valence-electron chi connectivity index (χ2n) is 2.38. The third-order valence-corrected chi connectivity index (χ3v) is 2.29. The number of rotatable bonds is 3. The first-order valence-electron chi connectivity index (χ1n) is 3.64. The van der Waals surface area contributed by atoms with Crippen molar-refractivity contribution >= 4 is 17.8 Å². The highest BCUT2D eigenvalue weighted by Gasteiger charge is 2.01. The average molecular weight is 197 g/mol. The van der Waals surface area contributed by atoms with Crippen molar-refractivity contribution in [2.45, 2.75) is 11.4 Å². The highest BCUT2D eigenvalue weighted by atomic mass is 32.2. The summed E-state index contributed by atoms with van der Waals surface area (Å²) in [5.74, 6) is -0.244. The number of nitrogens with zero attached hydrogens (tertiary/aromatic N) is 1. The molecular formula is C9H8FNOS. The molecule has 4 heteroatoms. The van der Waals surface area contributed by atoms with Crippen molar-refractivity contribution in [3.63, 3.8) is 0 Å². The van der Waals surface area contributed by atoms with Gasteiger partial charge in [-0.2, -0.15) is 0 Å². The monoisotopic (exact) mass is 197 g/mol. The highest BCUT2D eigenvalue weighted by Crippen LogP contribution is 2.20. The van der Waals surface area contributed by atoms with E-state index in [2.05, 4.69) is 4.99 Å². The molecule has 0 aliphatic rings. The van der Waals surface area contributed by atoms with Gasteiger partial charge >= 0.3 is 0 Å². The van der Waals surface area contributed by atoms with E-state index < -0.39 is 0 Å². The van der Waals surface area contributed by atoms with Crippen molar-refractivity contribution in [2.75, 3.05) is 6.26 Å². The van der Waals surface area contributed by atoms with Crippen LogP contribution in [0.15, 0.2) is 28.1 Å². The lowest BCUT2D eigenvalue weighted by Crippen LogP contribution is -1.85. The van der Waals surface area contributed by atoms with E-state index in [0.29, 0.717) is 4.90 Å². The zero-order valence-corrected chi connectivity index (χ0v) is 7.90. The predicted octanol–water partition coefficient (Wildman–Crippen LogP) is 2.38. The van der Waals surface area contributed by atoms with Crippen LogP contribution >= 0.6 is 11.8 Å². The molecule has 0 radical (unpaired) electrons. The van der Waals surface area contributed by atoms with Gasteiger partial charge in [0.2, 0.25) is 6.08 Å². The van der Waals surface area contributed by atoms with Crippen LogP contribution in [-0.2, 0) is 11.3 Å². The van der Waals surface area contributed by atoms with Gasteiger partial charge in [-0.05, 0) is 24.0 Å². The topological polar surface area (TPSA) is 29.4 Å². The molecule has 1 rings (SSSR count). The Bertz CT molecular complexity index is 347. The van der Waals surface area contributed by atoms with Gasteiger partial charge in [0, 0.05) is 4.90 Å². The fraction of sp³-hybridized carbons (Fsp3) is 0.222. The Morgan fingerprint density at radius 1 is 1.62 bits per heavy atom. The van der Waals surface area contributed by atoms with E-state index in [9.17, 15) is 9.18 Å². The van der Waals surface area contributed by atoms with E-state index in [1.54, 1.807) is 18.4 Å². The molecule has 0 atom stereocenters. The van der Waals surface area contributed by atoms with Gasteiger partial charge in [-0.1, -0.05) is 6.07 Å². The van der Waals surface area contributed by atoms with E-state index in [1.165, 1.54) is 23.9 Å². The highest BCUT2D eigenvalue weighted by molar-refractivity contribution is 7.98. The minimum Gasteiger partial charge on any atom is -0.211 e. The summed E-state index contributed by atoms with van der Waals surface area (Å²) < 4.78 is 13.0. The van der Waals surface area contributed by atoms with Gasteiger partial charge in [0.25, 0.3) is 0 Å². The maximum Gasteiger partial charge on any atom is 0.235 e. The van der Waals surface area contributed by atoms with Gasteiger partial charge in [-0.15, -0.1) is 11.8 Å². The molecule has 1 aromatic rings. The van der Waals surface area contributed by atoms with Crippen LogP contribution in [0.5, 0.6) is 0 Å². The minimum absolute atomic E-state index is 0.244. The number of hydrogen-bond donors (Lipinski definition) is 0. The van der Waals surface area contributed by atoms with Gasteiger partial charge in [0.1, 0.15) is 5.82 Å². The molecule has 0 heterocycles. The molecule has 68 valence electrons. The molecule has 2 nitrogen and oxygen atoms in total. The maximum atomic E-state index is 13.0. The molecule has 0 amide bonds. The lowest BCUT2D eigenvalue weighted by atomic mass is 10.2. The second-order valence-corrected chi connectivity index (χ2v) is 3.22. The van der Waals surface area contributed by atoms with Crippen LogP contribution in [0, 0.1) is 5.82 Å². The fourth-order valence-electron chi connectivity index (χ4n) is 0.926. The van der Waals surface area contributed by atoms with Crippen molar-refractivity contribution in [3.05, 3.63) is 29.6 Å². The number of aliphatic imine (C=N–C) groups is 1. The van der Waals surface area contributed by atoms with E-state index in [1.807, 2.05) is 0 Å². The zero-order valence-electron chi connectivity index (χ0n) is 7.08. The summed E-state index contributed by atoms with van der Waals surface area (Å²) in [4.78, 5) is 13.8. The molecule has 0 saturated heterocycles. The fourth-order valence-corrected chi connectivity index (χ4v) is 1.46. The molecule has 0 aliphatic heterocycles. The van der Waals surface area contributed by atoms with Crippen molar-refractivity contribution in [2.24, 2.45) is 4.99 Å². The van der Waals surface area contributed by atoms with Gasteiger partial charge in [-0.3, -0.25) is 0 Å². The van der Waals surface area contributed by atoms with Crippen LogP contribution in [0.1, 0.15) is 5.56 Å². The Morgan fingerprint density at radius 3 is 3.00 bits per heavy atom. The third-order valence-electron chi connectivity index (χ3n) is 1.54. The Labute approximate surface area is 79.9 Å². The van der Waals surface area contributed by atoms with Crippen molar-refractivity contribution < 1.29 is 9.18 Å². The lowest BCUT2D eigenvalue weighted by Gasteiger charge is -2.00. The first kappa shape index (κ1) is 9.96. The van der Waals surface area contributed by atoms with E-state index in [0.717, 1.165) is 5.56 Å². The molecular weight excluding hydrogens is 189 g/mol.